The summed E-state index contributed by atoms with van der Waals surface area (Å²) < 4.78 is 0. The predicted octanol–water partition coefficient (Wildman–Crippen LogP) is 5.56. The van der Waals surface area contributed by atoms with Gasteiger partial charge in [0.2, 0.25) is 0 Å². The van der Waals surface area contributed by atoms with Gasteiger partial charge < -0.3 is 5.11 Å². The number of fused-ring (bicyclic) bond motifs is 1. The lowest BCUT2D eigenvalue weighted by Crippen LogP contribution is -2.29. The third-order valence-corrected chi connectivity index (χ3v) is 5.14. The van der Waals surface area contributed by atoms with Crippen molar-refractivity contribution in [3.8, 4) is 5.75 Å². The first-order valence-electron chi connectivity index (χ1n) is 8.67. The topological polar surface area (TPSA) is 70.0 Å². The second kappa shape index (κ2) is 7.35. The number of halogens is 2. The molecule has 7 heteroatoms. The summed E-state index contributed by atoms with van der Waals surface area (Å²) >= 11 is 12.4. The zero-order chi connectivity index (χ0) is 20.7. The van der Waals surface area contributed by atoms with Crippen molar-refractivity contribution in [1.29, 1.82) is 0 Å². The Morgan fingerprint density at radius 2 is 1.62 bits per heavy atom. The molecule has 4 rings (SSSR count). The Kier molecular flexibility index (Phi) is 4.86. The molecule has 1 aliphatic heterocycles. The Bertz CT molecular complexity index is 1170. The molecule has 5 nitrogen and oxygen atoms in total. The molecule has 144 valence electrons. The van der Waals surface area contributed by atoms with Gasteiger partial charge in [-0.05, 0) is 55.0 Å². The van der Waals surface area contributed by atoms with Gasteiger partial charge in [-0.15, -0.1) is 0 Å². The SMILES string of the molecule is Cc1cc(Cl)cc(C=Nc2ccc(N3C(=O)c4ccccc4C3=O)cc2Cl)c1O. The number of aliphatic imine (C=N–C) groups is 1. The average Bonchev–Trinajstić information content (AvgIpc) is 2.95. The largest absolute Gasteiger partial charge is 0.507 e. The van der Waals surface area contributed by atoms with E-state index in [0.717, 1.165) is 4.90 Å². The van der Waals surface area contributed by atoms with Gasteiger partial charge in [0.05, 0.1) is 27.5 Å². The van der Waals surface area contributed by atoms with Crippen LogP contribution in [0.5, 0.6) is 5.75 Å². The average molecular weight is 425 g/mol. The fraction of sp³-hybridized carbons (Fsp3) is 0.0455. The number of carbonyl (C=O) groups excluding carboxylic acids is 2. The minimum atomic E-state index is -0.391. The van der Waals surface area contributed by atoms with E-state index >= 15 is 0 Å². The third kappa shape index (κ3) is 3.39. The molecule has 0 aliphatic carbocycles. The minimum absolute atomic E-state index is 0.0805. The maximum absolute atomic E-state index is 12.6. The highest BCUT2D eigenvalue weighted by Gasteiger charge is 2.36. The lowest BCUT2D eigenvalue weighted by molar-refractivity contribution is 0.0926. The molecular weight excluding hydrogens is 411 g/mol. The number of hydrogen-bond acceptors (Lipinski definition) is 4. The van der Waals surface area contributed by atoms with Gasteiger partial charge in [0.1, 0.15) is 5.75 Å². The molecule has 0 atom stereocenters. The molecule has 1 aliphatic rings. The lowest BCUT2D eigenvalue weighted by Gasteiger charge is -2.14. The van der Waals surface area contributed by atoms with Crippen molar-refractivity contribution in [3.05, 3.63) is 86.9 Å². The van der Waals surface area contributed by atoms with Crippen LogP contribution in [0.2, 0.25) is 10.0 Å². The highest BCUT2D eigenvalue weighted by atomic mass is 35.5. The van der Waals surface area contributed by atoms with Crippen molar-refractivity contribution in [2.45, 2.75) is 6.92 Å². The summed E-state index contributed by atoms with van der Waals surface area (Å²) in [5.41, 5.74) is 2.59. The summed E-state index contributed by atoms with van der Waals surface area (Å²) in [5, 5.41) is 10.9. The number of phenolic OH excluding ortho intramolecular Hbond substituents is 1. The normalized spacial score (nSPS) is 13.4. The van der Waals surface area contributed by atoms with E-state index in [9.17, 15) is 14.7 Å². The van der Waals surface area contributed by atoms with Crippen LogP contribution in [0.1, 0.15) is 31.8 Å². The zero-order valence-corrected chi connectivity index (χ0v) is 16.7. The van der Waals surface area contributed by atoms with Gasteiger partial charge in [0.15, 0.2) is 0 Å². The van der Waals surface area contributed by atoms with E-state index < -0.39 is 11.8 Å². The van der Waals surface area contributed by atoms with E-state index in [2.05, 4.69) is 4.99 Å². The van der Waals surface area contributed by atoms with Crippen LogP contribution in [0.15, 0.2) is 59.6 Å². The second-order valence-electron chi connectivity index (χ2n) is 6.55. The van der Waals surface area contributed by atoms with Crippen LogP contribution >= 0.6 is 23.2 Å². The van der Waals surface area contributed by atoms with E-state index in [4.69, 9.17) is 23.2 Å². The molecule has 0 saturated heterocycles. The summed E-state index contributed by atoms with van der Waals surface area (Å²) in [6.07, 6.45) is 1.46. The molecular formula is C22H14Cl2N2O3. The molecule has 1 heterocycles. The van der Waals surface area contributed by atoms with E-state index in [-0.39, 0.29) is 10.8 Å². The molecule has 0 aromatic heterocycles. The van der Waals surface area contributed by atoms with Crippen LogP contribution in [0, 0.1) is 6.92 Å². The van der Waals surface area contributed by atoms with E-state index in [1.54, 1.807) is 55.5 Å². The van der Waals surface area contributed by atoms with Gasteiger partial charge in [0, 0.05) is 16.8 Å². The lowest BCUT2D eigenvalue weighted by atomic mass is 10.1. The molecule has 0 saturated carbocycles. The zero-order valence-electron chi connectivity index (χ0n) is 15.2. The highest BCUT2D eigenvalue weighted by Crippen LogP contribution is 2.34. The summed E-state index contributed by atoms with van der Waals surface area (Å²) in [4.78, 5) is 30.6. The number of hydrogen-bond donors (Lipinski definition) is 1. The maximum Gasteiger partial charge on any atom is 0.266 e. The van der Waals surface area contributed by atoms with Crippen LogP contribution in [0.4, 0.5) is 11.4 Å². The standard InChI is InChI=1S/C22H14Cl2N2O3/c1-12-8-14(23)9-13(20(12)27)11-25-19-7-6-15(10-18(19)24)26-21(28)16-4-2-3-5-17(16)22(26)29/h2-11,27H,1H3. The van der Waals surface area contributed by atoms with Gasteiger partial charge in [-0.3, -0.25) is 14.6 Å². The van der Waals surface area contributed by atoms with E-state index in [1.165, 1.54) is 12.3 Å². The van der Waals surface area contributed by atoms with Crippen molar-refractivity contribution in [3.63, 3.8) is 0 Å². The maximum atomic E-state index is 12.6. The van der Waals surface area contributed by atoms with Crippen LogP contribution in [0.3, 0.4) is 0 Å². The number of amides is 2. The molecule has 3 aromatic carbocycles. The molecule has 0 spiro atoms. The summed E-state index contributed by atoms with van der Waals surface area (Å²) in [6.45, 7) is 1.74. The first-order chi connectivity index (χ1) is 13.9. The van der Waals surface area contributed by atoms with Crippen molar-refractivity contribution in [2.24, 2.45) is 4.99 Å². The van der Waals surface area contributed by atoms with E-state index in [0.29, 0.717) is 38.7 Å². The molecule has 1 N–H and O–H groups in total. The summed E-state index contributed by atoms with van der Waals surface area (Å²) in [5.74, 6) is -0.702. The van der Waals surface area contributed by atoms with Gasteiger partial charge in [-0.25, -0.2) is 4.90 Å². The predicted molar refractivity (Wildman–Crippen MR) is 114 cm³/mol. The number of anilines is 1. The van der Waals surface area contributed by atoms with Crippen LogP contribution < -0.4 is 4.90 Å². The molecule has 3 aromatic rings. The fourth-order valence-corrected chi connectivity index (χ4v) is 3.67. The molecule has 29 heavy (non-hydrogen) atoms. The Hall–Kier alpha value is -3.15. The number of phenols is 1. The number of benzene rings is 3. The Labute approximate surface area is 176 Å². The highest BCUT2D eigenvalue weighted by molar-refractivity contribution is 6.36. The minimum Gasteiger partial charge on any atom is -0.507 e. The van der Waals surface area contributed by atoms with Crippen molar-refractivity contribution >= 4 is 52.6 Å². The van der Waals surface area contributed by atoms with Crippen molar-refractivity contribution in [2.75, 3.05) is 4.90 Å². The third-order valence-electron chi connectivity index (χ3n) is 4.62. The number of carbonyl (C=O) groups is 2. The fourth-order valence-electron chi connectivity index (χ4n) is 3.16. The quantitative estimate of drug-likeness (QED) is 0.441. The van der Waals surface area contributed by atoms with Gasteiger partial charge >= 0.3 is 0 Å². The number of aromatic hydroxyl groups is 1. The monoisotopic (exact) mass is 424 g/mol. The second-order valence-corrected chi connectivity index (χ2v) is 7.39. The molecule has 0 bridgehead atoms. The summed E-state index contributed by atoms with van der Waals surface area (Å²) in [6, 6.07) is 14.6. The van der Waals surface area contributed by atoms with Crippen LogP contribution in [-0.2, 0) is 0 Å². The number of aryl methyl sites for hydroxylation is 1. The first kappa shape index (κ1) is 19.2. The number of imide groups is 1. The van der Waals surface area contributed by atoms with Gasteiger partial charge in [-0.2, -0.15) is 0 Å². The summed E-state index contributed by atoms with van der Waals surface area (Å²) in [7, 11) is 0. The molecule has 0 fully saturated rings. The number of nitrogens with zero attached hydrogens (tertiary/aromatic N) is 2. The molecule has 0 radical (unpaired) electrons. The van der Waals surface area contributed by atoms with Gasteiger partial charge in [-0.1, -0.05) is 35.3 Å². The Morgan fingerprint density at radius 1 is 0.966 bits per heavy atom. The first-order valence-corrected chi connectivity index (χ1v) is 9.43. The number of rotatable bonds is 3. The Balaban J connectivity index is 1.65. The molecule has 2 amide bonds. The Morgan fingerprint density at radius 3 is 2.24 bits per heavy atom. The van der Waals surface area contributed by atoms with Crippen LogP contribution in [-0.4, -0.2) is 23.1 Å². The van der Waals surface area contributed by atoms with E-state index in [1.807, 2.05) is 0 Å². The smallest absolute Gasteiger partial charge is 0.266 e. The molecule has 0 unspecified atom stereocenters. The van der Waals surface area contributed by atoms with Crippen molar-refractivity contribution in [1.82, 2.24) is 0 Å². The van der Waals surface area contributed by atoms with Crippen molar-refractivity contribution < 1.29 is 14.7 Å². The van der Waals surface area contributed by atoms with Crippen LogP contribution in [0.25, 0.3) is 0 Å². The van der Waals surface area contributed by atoms with Gasteiger partial charge in [0.25, 0.3) is 11.8 Å².